The van der Waals surface area contributed by atoms with Gasteiger partial charge in [-0.2, -0.15) is 10.2 Å². The van der Waals surface area contributed by atoms with Crippen LogP contribution < -0.4 is 4.74 Å². The molecule has 0 saturated carbocycles. The predicted molar refractivity (Wildman–Crippen MR) is 187 cm³/mol. The molecular weight excluding hydrogens is 698 g/mol. The number of nitrogens with zero attached hydrogens (tertiary/aromatic N) is 6. The third-order valence-electron chi connectivity index (χ3n) is 7.23. The van der Waals surface area contributed by atoms with Crippen molar-refractivity contribution < 1.29 is 19.3 Å². The highest BCUT2D eigenvalue weighted by Gasteiger charge is 2.44. The average Bonchev–Trinajstić information content (AvgIpc) is 3.82. The van der Waals surface area contributed by atoms with Crippen LogP contribution in [-0.4, -0.2) is 53.5 Å². The zero-order chi connectivity index (χ0) is 34.5. The summed E-state index contributed by atoms with van der Waals surface area (Å²) < 4.78 is 21.2. The van der Waals surface area contributed by atoms with Gasteiger partial charge in [0.05, 0.1) is 23.4 Å². The van der Waals surface area contributed by atoms with Crippen molar-refractivity contribution in [2.75, 3.05) is 6.61 Å². The number of aliphatic hydroxyl groups is 1. The van der Waals surface area contributed by atoms with Gasteiger partial charge < -0.3 is 19.3 Å². The number of rotatable bonds is 8. The Morgan fingerprint density at radius 3 is 2.21 bits per heavy atom. The summed E-state index contributed by atoms with van der Waals surface area (Å²) in [4.78, 5) is 7.91. The zero-order valence-electron chi connectivity index (χ0n) is 26.6. The second-order valence-corrected chi connectivity index (χ2v) is 13.8. The first kappa shape index (κ1) is 35.8. The van der Waals surface area contributed by atoms with E-state index in [-0.39, 0.29) is 11.5 Å². The normalized spacial score (nSPS) is 18.7. The highest BCUT2D eigenvalue weighted by Crippen LogP contribution is 2.41. The summed E-state index contributed by atoms with van der Waals surface area (Å²) in [5.74, 6) is 0.249. The highest BCUT2D eigenvalue weighted by molar-refractivity contribution is 6.35. The molecule has 3 atom stereocenters. The van der Waals surface area contributed by atoms with Crippen molar-refractivity contribution >= 4 is 58.2 Å². The van der Waals surface area contributed by atoms with Crippen LogP contribution in [-0.2, 0) is 21.8 Å². The van der Waals surface area contributed by atoms with Crippen molar-refractivity contribution in [1.29, 1.82) is 0 Å². The molecule has 2 aromatic heterocycles. The van der Waals surface area contributed by atoms with E-state index in [1.54, 1.807) is 76.6 Å². The van der Waals surface area contributed by atoms with Crippen LogP contribution in [0.15, 0.2) is 86.0 Å². The molecule has 5 aromatic rings. The van der Waals surface area contributed by atoms with Gasteiger partial charge in [0.25, 0.3) is 0 Å². The zero-order valence-corrected chi connectivity index (χ0v) is 29.6. The molecule has 3 aromatic carbocycles. The Kier molecular flexibility index (Phi) is 11.5. The Morgan fingerprint density at radius 2 is 1.62 bits per heavy atom. The molecule has 3 unspecified atom stereocenters. The van der Waals surface area contributed by atoms with E-state index >= 15 is 0 Å². The summed E-state index contributed by atoms with van der Waals surface area (Å²) in [6, 6.07) is 17.8. The fourth-order valence-corrected chi connectivity index (χ4v) is 5.73. The van der Waals surface area contributed by atoms with E-state index in [0.717, 1.165) is 5.56 Å². The van der Waals surface area contributed by atoms with E-state index in [4.69, 9.17) is 60.6 Å². The molecule has 1 aliphatic rings. The van der Waals surface area contributed by atoms with Crippen LogP contribution in [0.2, 0.25) is 20.1 Å². The maximum atomic E-state index is 10.6. The van der Waals surface area contributed by atoms with E-state index in [2.05, 4.69) is 20.2 Å². The van der Waals surface area contributed by atoms with Gasteiger partial charge in [-0.1, -0.05) is 73.2 Å². The quantitative estimate of drug-likeness (QED) is 0.169. The highest BCUT2D eigenvalue weighted by atomic mass is 35.5. The molecule has 0 aliphatic carbocycles. The topological polar surface area (TPSA) is 109 Å². The lowest BCUT2D eigenvalue weighted by molar-refractivity contribution is -0.186. The molecule has 1 N–H and O–H groups in total. The van der Waals surface area contributed by atoms with Crippen molar-refractivity contribution in [2.24, 2.45) is 5.41 Å². The molecule has 3 heterocycles. The van der Waals surface area contributed by atoms with Gasteiger partial charge in [0.1, 0.15) is 49.5 Å². The molecule has 0 radical (unpaired) electrons. The molecule has 0 amide bonds. The smallest absolute Gasteiger partial charge is 0.217 e. The standard InChI is InChI=1S/C19H17Cl2N3O3.C15H17Cl2N3O/c1-13-9-25-19(27-13,10-24-12-22-11-23-24)17-7-6-16(8-18(17)21)26-15-4-2-14(20)3-5-15;1-15(2,3)14(21)13(20-9-18-8-19-20)6-10-4-5-11(16)7-12(10)17/h2-8,11-13H,9-10H2,1H3;4-9,14,21H,1-3H3/b;13-6+. The summed E-state index contributed by atoms with van der Waals surface area (Å²) in [6.07, 6.45) is 7.06. The van der Waals surface area contributed by atoms with E-state index in [9.17, 15) is 5.11 Å². The molecule has 0 spiro atoms. The van der Waals surface area contributed by atoms with E-state index in [1.165, 1.54) is 12.7 Å². The van der Waals surface area contributed by atoms with Gasteiger partial charge in [0, 0.05) is 20.6 Å². The number of aliphatic hydroxyl groups excluding tert-OH is 1. The molecule has 14 heteroatoms. The Hall–Kier alpha value is -3.48. The Bertz CT molecular complexity index is 1830. The van der Waals surface area contributed by atoms with Crippen molar-refractivity contribution in [3.8, 4) is 11.5 Å². The summed E-state index contributed by atoms with van der Waals surface area (Å²) in [7, 11) is 0. The van der Waals surface area contributed by atoms with Gasteiger partial charge in [0.2, 0.25) is 5.79 Å². The number of hydrogen-bond donors (Lipinski definition) is 1. The fourth-order valence-electron chi connectivity index (χ4n) is 4.82. The molecule has 1 aliphatic heterocycles. The van der Waals surface area contributed by atoms with E-state index in [1.807, 2.05) is 39.8 Å². The van der Waals surface area contributed by atoms with Crippen LogP contribution in [0.25, 0.3) is 11.8 Å². The second-order valence-electron chi connectivity index (χ2n) is 12.1. The molecule has 252 valence electrons. The number of hydrogen-bond acceptors (Lipinski definition) is 8. The number of aromatic nitrogens is 6. The van der Waals surface area contributed by atoms with Gasteiger partial charge in [-0.05, 0) is 78.6 Å². The molecule has 48 heavy (non-hydrogen) atoms. The van der Waals surface area contributed by atoms with Crippen LogP contribution in [0, 0.1) is 5.41 Å². The lowest BCUT2D eigenvalue weighted by Gasteiger charge is -2.29. The number of ether oxygens (including phenoxy) is 3. The van der Waals surface area contributed by atoms with Crippen LogP contribution in [0.3, 0.4) is 0 Å². The Morgan fingerprint density at radius 1 is 0.938 bits per heavy atom. The number of halogens is 4. The van der Waals surface area contributed by atoms with Gasteiger partial charge >= 0.3 is 0 Å². The molecule has 6 rings (SSSR count). The lowest BCUT2D eigenvalue weighted by atomic mass is 9.86. The van der Waals surface area contributed by atoms with E-state index < -0.39 is 11.9 Å². The first-order valence-electron chi connectivity index (χ1n) is 14.9. The summed E-state index contributed by atoms with van der Waals surface area (Å²) in [5, 5.41) is 21.1. The maximum Gasteiger partial charge on any atom is 0.217 e. The van der Waals surface area contributed by atoms with E-state index in [0.29, 0.717) is 56.0 Å². The second kappa shape index (κ2) is 15.4. The average molecular weight is 732 g/mol. The third-order valence-corrected chi connectivity index (χ3v) is 8.36. The molecule has 1 fully saturated rings. The summed E-state index contributed by atoms with van der Waals surface area (Å²) in [5.41, 5.74) is 1.73. The minimum Gasteiger partial charge on any atom is -0.457 e. The van der Waals surface area contributed by atoms with Gasteiger partial charge in [-0.3, -0.25) is 0 Å². The first-order valence-corrected chi connectivity index (χ1v) is 16.4. The molecule has 1 saturated heterocycles. The van der Waals surface area contributed by atoms with Crippen molar-refractivity contribution in [2.45, 2.75) is 52.2 Å². The van der Waals surface area contributed by atoms with Crippen LogP contribution in [0.5, 0.6) is 11.5 Å². The summed E-state index contributed by atoms with van der Waals surface area (Å²) in [6.45, 7) is 8.61. The Balaban J connectivity index is 0.000000194. The maximum absolute atomic E-state index is 10.6. The van der Waals surface area contributed by atoms with Crippen LogP contribution in [0.1, 0.15) is 38.8 Å². The fraction of sp³-hybridized carbons (Fsp3) is 0.294. The molecule has 0 bridgehead atoms. The van der Waals surface area contributed by atoms with Crippen LogP contribution >= 0.6 is 46.4 Å². The van der Waals surface area contributed by atoms with Crippen molar-refractivity contribution in [3.05, 3.63) is 117 Å². The number of benzene rings is 3. The summed E-state index contributed by atoms with van der Waals surface area (Å²) >= 11 is 24.6. The van der Waals surface area contributed by atoms with Crippen molar-refractivity contribution in [3.63, 3.8) is 0 Å². The molecular formula is C34H34Cl4N6O4. The Labute approximate surface area is 298 Å². The third kappa shape index (κ3) is 8.95. The van der Waals surface area contributed by atoms with Gasteiger partial charge in [-0.15, -0.1) is 0 Å². The molecule has 10 nitrogen and oxygen atoms in total. The monoisotopic (exact) mass is 730 g/mol. The van der Waals surface area contributed by atoms with Crippen LogP contribution in [0.4, 0.5) is 0 Å². The van der Waals surface area contributed by atoms with Gasteiger partial charge in [0.15, 0.2) is 0 Å². The SMILES string of the molecule is CC(C)(C)C(O)/C(=C\c1ccc(Cl)cc1Cl)n1cncn1.CC1COC(Cn2cncn2)(c2ccc(Oc3ccc(Cl)cc3)cc2Cl)O1. The predicted octanol–water partition coefficient (Wildman–Crippen LogP) is 8.66. The van der Waals surface area contributed by atoms with Crippen molar-refractivity contribution in [1.82, 2.24) is 29.5 Å². The minimum absolute atomic E-state index is 0.0606. The lowest BCUT2D eigenvalue weighted by Crippen LogP contribution is -2.34. The largest absolute Gasteiger partial charge is 0.457 e. The van der Waals surface area contributed by atoms with Gasteiger partial charge in [-0.25, -0.2) is 19.3 Å². The first-order chi connectivity index (χ1) is 22.8. The minimum atomic E-state index is -1.02.